The molecule has 2 aromatic heterocycles. The molecule has 21 heavy (non-hydrogen) atoms. The third-order valence-corrected chi connectivity index (χ3v) is 4.26. The molecular formula is C17H14N3S+. The second-order valence-electron chi connectivity index (χ2n) is 4.84. The van der Waals surface area contributed by atoms with E-state index in [9.17, 15) is 5.26 Å². The lowest BCUT2D eigenvalue weighted by Gasteiger charge is -2.05. The van der Waals surface area contributed by atoms with Crippen LogP contribution in [-0.2, 0) is 0 Å². The Balaban J connectivity index is 2.21. The van der Waals surface area contributed by atoms with E-state index in [2.05, 4.69) is 30.1 Å². The minimum absolute atomic E-state index is 0.402. The van der Waals surface area contributed by atoms with E-state index >= 15 is 0 Å². The third-order valence-electron chi connectivity index (χ3n) is 3.36. The van der Waals surface area contributed by atoms with Crippen LogP contribution in [0.25, 0.3) is 21.7 Å². The van der Waals surface area contributed by atoms with Crippen LogP contribution in [0.2, 0.25) is 0 Å². The van der Waals surface area contributed by atoms with Crippen molar-refractivity contribution in [2.75, 3.05) is 5.73 Å². The lowest BCUT2D eigenvalue weighted by Crippen LogP contribution is -2.16. The molecule has 1 aromatic carbocycles. The molecule has 0 spiro atoms. The molecule has 3 rings (SSSR count). The minimum Gasteiger partial charge on any atom is -0.286 e. The maximum atomic E-state index is 9.35. The zero-order valence-corrected chi connectivity index (χ0v) is 12.4. The number of aromatic nitrogens is 1. The lowest BCUT2D eigenvalue weighted by molar-refractivity contribution is -0.346. The van der Waals surface area contributed by atoms with Gasteiger partial charge in [0.05, 0.1) is 0 Å². The van der Waals surface area contributed by atoms with Gasteiger partial charge in [0.1, 0.15) is 17.3 Å². The summed E-state index contributed by atoms with van der Waals surface area (Å²) in [7, 11) is 0. The Labute approximate surface area is 127 Å². The van der Waals surface area contributed by atoms with Crippen LogP contribution in [0.4, 0.5) is 5.82 Å². The normalized spacial score (nSPS) is 10.3. The molecule has 0 aliphatic carbocycles. The summed E-state index contributed by atoms with van der Waals surface area (Å²) in [5.74, 6) is 0.402. The fourth-order valence-electron chi connectivity index (χ4n) is 2.24. The highest BCUT2D eigenvalue weighted by molar-refractivity contribution is 7.13. The van der Waals surface area contributed by atoms with Crippen LogP contribution < -0.4 is 10.7 Å². The van der Waals surface area contributed by atoms with Gasteiger partial charge in [-0.05, 0) is 24.4 Å². The number of nitrogens with one attached hydrogen (secondary N) is 1. The summed E-state index contributed by atoms with van der Waals surface area (Å²) < 4.78 is 0. The monoisotopic (exact) mass is 292 g/mol. The lowest BCUT2D eigenvalue weighted by atomic mass is 10.0. The number of benzene rings is 1. The fraction of sp³-hybridized carbons (Fsp3) is 0.0588. The average molecular weight is 292 g/mol. The van der Waals surface area contributed by atoms with Crippen LogP contribution in [0.5, 0.6) is 0 Å². The zero-order valence-electron chi connectivity index (χ0n) is 11.6. The van der Waals surface area contributed by atoms with Crippen molar-refractivity contribution < 1.29 is 4.98 Å². The number of rotatable bonds is 2. The molecule has 0 saturated carbocycles. The van der Waals surface area contributed by atoms with Crippen molar-refractivity contribution in [2.24, 2.45) is 0 Å². The van der Waals surface area contributed by atoms with Gasteiger partial charge < -0.3 is 0 Å². The summed E-state index contributed by atoms with van der Waals surface area (Å²) in [5, 5.41) is 11.3. The molecule has 0 saturated heterocycles. The molecule has 4 heteroatoms. The van der Waals surface area contributed by atoms with Gasteiger partial charge >= 0.3 is 0 Å². The largest absolute Gasteiger partial charge is 0.289 e. The summed E-state index contributed by atoms with van der Waals surface area (Å²) in [4.78, 5) is 4.17. The Morgan fingerprint density at radius 1 is 1.19 bits per heavy atom. The smallest absolute Gasteiger partial charge is 0.286 e. The molecule has 0 amide bonds. The maximum absolute atomic E-state index is 9.35. The first-order valence-electron chi connectivity index (χ1n) is 6.56. The molecular weight excluding hydrogens is 278 g/mol. The van der Waals surface area contributed by atoms with Crippen molar-refractivity contribution in [3.8, 4) is 27.8 Å². The number of nitrogens with zero attached hydrogens (tertiary/aromatic N) is 1. The molecule has 102 valence electrons. The summed E-state index contributed by atoms with van der Waals surface area (Å²) in [5.41, 5.74) is 10.6. The van der Waals surface area contributed by atoms with Crippen LogP contribution in [-0.4, -0.2) is 0 Å². The van der Waals surface area contributed by atoms with Gasteiger partial charge in [0.25, 0.3) is 5.82 Å². The molecule has 2 heterocycles. The van der Waals surface area contributed by atoms with E-state index in [1.54, 1.807) is 11.3 Å². The first kappa shape index (κ1) is 13.3. The summed E-state index contributed by atoms with van der Waals surface area (Å²) in [6.45, 7) is 2.05. The Morgan fingerprint density at radius 2 is 1.95 bits per heavy atom. The van der Waals surface area contributed by atoms with Crippen molar-refractivity contribution in [3.05, 3.63) is 59.0 Å². The van der Waals surface area contributed by atoms with Gasteiger partial charge in [-0.2, -0.15) is 5.26 Å². The number of aryl methyl sites for hydroxylation is 1. The van der Waals surface area contributed by atoms with Gasteiger partial charge in [-0.1, -0.05) is 35.9 Å². The van der Waals surface area contributed by atoms with Gasteiger partial charge in [0.15, 0.2) is 0 Å². The number of hydrogen-bond acceptors (Lipinski definition) is 3. The van der Waals surface area contributed by atoms with Crippen LogP contribution >= 0.6 is 11.3 Å². The topological polar surface area (TPSA) is 64.0 Å². The zero-order chi connectivity index (χ0) is 14.8. The SMILES string of the molecule is Cc1ccc(-c2cc(-c3cccs3)c(C#N)c(N)[nH+]2)cc1. The number of anilines is 1. The van der Waals surface area contributed by atoms with E-state index in [-0.39, 0.29) is 0 Å². The predicted molar refractivity (Wildman–Crippen MR) is 85.6 cm³/mol. The standard InChI is InChI=1S/C17H13N3S/c1-11-4-6-12(7-5-11)15-9-13(16-3-2-8-21-16)14(10-18)17(19)20-15/h2-9H,1H3,(H2,19,20)/p+1. The van der Waals surface area contributed by atoms with Crippen molar-refractivity contribution in [1.82, 2.24) is 0 Å². The maximum Gasteiger partial charge on any atom is 0.289 e. The first-order chi connectivity index (χ1) is 10.2. The van der Waals surface area contributed by atoms with E-state index in [1.165, 1.54) is 5.56 Å². The van der Waals surface area contributed by atoms with Crippen LogP contribution in [0, 0.1) is 18.3 Å². The molecule has 3 aromatic rings. The van der Waals surface area contributed by atoms with E-state index in [0.717, 1.165) is 21.7 Å². The number of pyridine rings is 1. The first-order valence-corrected chi connectivity index (χ1v) is 7.44. The summed E-state index contributed by atoms with van der Waals surface area (Å²) in [6, 6.07) is 16.4. The van der Waals surface area contributed by atoms with Crippen molar-refractivity contribution in [2.45, 2.75) is 6.92 Å². The fourth-order valence-corrected chi connectivity index (χ4v) is 2.99. The third kappa shape index (κ3) is 2.51. The second-order valence-corrected chi connectivity index (χ2v) is 5.79. The van der Waals surface area contributed by atoms with E-state index in [1.807, 2.05) is 35.7 Å². The highest BCUT2D eigenvalue weighted by atomic mass is 32.1. The molecule has 0 fully saturated rings. The van der Waals surface area contributed by atoms with E-state index in [0.29, 0.717) is 11.4 Å². The Hall–Kier alpha value is -2.64. The van der Waals surface area contributed by atoms with Gasteiger partial charge in [0.2, 0.25) is 0 Å². The number of nitrogen functional groups attached to an aromatic ring is 1. The van der Waals surface area contributed by atoms with Gasteiger partial charge in [-0.3, -0.25) is 5.73 Å². The minimum atomic E-state index is 0.402. The Morgan fingerprint density at radius 3 is 2.57 bits per heavy atom. The Bertz CT molecular complexity index is 812. The number of thiophene rings is 1. The molecule has 0 unspecified atom stereocenters. The number of H-pyrrole nitrogens is 1. The second kappa shape index (κ2) is 5.39. The van der Waals surface area contributed by atoms with Gasteiger partial charge in [-0.15, -0.1) is 11.3 Å². The molecule has 0 radical (unpaired) electrons. The highest BCUT2D eigenvalue weighted by Crippen LogP contribution is 2.31. The van der Waals surface area contributed by atoms with Crippen LogP contribution in [0.3, 0.4) is 0 Å². The summed E-state index contributed by atoms with van der Waals surface area (Å²) >= 11 is 1.60. The van der Waals surface area contributed by atoms with Gasteiger partial charge in [-0.25, -0.2) is 4.98 Å². The molecule has 0 bridgehead atoms. The van der Waals surface area contributed by atoms with E-state index in [4.69, 9.17) is 5.73 Å². The van der Waals surface area contributed by atoms with E-state index < -0.39 is 0 Å². The average Bonchev–Trinajstić information content (AvgIpc) is 3.01. The van der Waals surface area contributed by atoms with Crippen molar-refractivity contribution >= 4 is 17.2 Å². The molecule has 3 nitrogen and oxygen atoms in total. The highest BCUT2D eigenvalue weighted by Gasteiger charge is 2.17. The number of hydrogen-bond donors (Lipinski definition) is 1. The van der Waals surface area contributed by atoms with Gasteiger partial charge in [0, 0.05) is 16.0 Å². The van der Waals surface area contributed by atoms with Crippen molar-refractivity contribution in [1.29, 1.82) is 5.26 Å². The predicted octanol–water partition coefficient (Wildman–Crippen LogP) is 3.66. The molecule has 0 aliphatic rings. The van der Waals surface area contributed by atoms with Crippen molar-refractivity contribution in [3.63, 3.8) is 0 Å². The quantitative estimate of drug-likeness (QED) is 0.783. The Kier molecular flexibility index (Phi) is 3.43. The molecule has 3 N–H and O–H groups in total. The number of nitriles is 1. The summed E-state index contributed by atoms with van der Waals surface area (Å²) in [6.07, 6.45) is 0. The van der Waals surface area contributed by atoms with Crippen LogP contribution in [0.15, 0.2) is 47.8 Å². The molecule has 0 aliphatic heterocycles. The molecule has 0 atom stereocenters. The van der Waals surface area contributed by atoms with Crippen LogP contribution in [0.1, 0.15) is 11.1 Å². The number of nitrogens with two attached hydrogens (primary N) is 1. The number of aromatic amines is 1.